The van der Waals surface area contributed by atoms with Gasteiger partial charge in [-0.25, -0.2) is 9.78 Å². The zero-order valence-electron chi connectivity index (χ0n) is 13.7. The number of amides is 1. The van der Waals surface area contributed by atoms with Crippen molar-refractivity contribution >= 4 is 61.5 Å². The van der Waals surface area contributed by atoms with Gasteiger partial charge in [0.05, 0.1) is 28.1 Å². The highest BCUT2D eigenvalue weighted by Gasteiger charge is 2.18. The summed E-state index contributed by atoms with van der Waals surface area (Å²) in [6.07, 6.45) is 0. The second-order valence-electron chi connectivity index (χ2n) is 5.10. The molecule has 0 radical (unpaired) electrons. The van der Waals surface area contributed by atoms with E-state index in [-0.39, 0.29) is 11.7 Å². The van der Waals surface area contributed by atoms with Gasteiger partial charge in [-0.1, -0.05) is 23.9 Å². The summed E-state index contributed by atoms with van der Waals surface area (Å²) in [5.41, 5.74) is 1.34. The summed E-state index contributed by atoms with van der Waals surface area (Å²) >= 11 is 4.32. The molecule has 0 fully saturated rings. The molecule has 8 heteroatoms. The van der Waals surface area contributed by atoms with Crippen LogP contribution in [-0.4, -0.2) is 29.2 Å². The van der Waals surface area contributed by atoms with Crippen LogP contribution in [0.4, 0.5) is 5.00 Å². The summed E-state index contributed by atoms with van der Waals surface area (Å²) in [6.45, 7) is 3.94. The third-order valence-electron chi connectivity index (χ3n) is 3.20. The van der Waals surface area contributed by atoms with Crippen molar-refractivity contribution in [2.75, 3.05) is 17.7 Å². The number of ether oxygens (including phenoxy) is 1. The minimum atomic E-state index is -0.416. The number of anilines is 1. The van der Waals surface area contributed by atoms with E-state index >= 15 is 0 Å². The van der Waals surface area contributed by atoms with Gasteiger partial charge in [-0.15, -0.1) is 22.7 Å². The van der Waals surface area contributed by atoms with Crippen LogP contribution in [0.3, 0.4) is 0 Å². The summed E-state index contributed by atoms with van der Waals surface area (Å²) in [7, 11) is 0. The Labute approximate surface area is 157 Å². The first-order chi connectivity index (χ1) is 12.1. The Kier molecular flexibility index (Phi) is 5.72. The lowest BCUT2D eigenvalue weighted by Crippen LogP contribution is -2.15. The molecule has 0 spiro atoms. The molecule has 3 aromatic rings. The minimum absolute atomic E-state index is 0.170. The highest BCUT2D eigenvalue weighted by atomic mass is 32.2. The van der Waals surface area contributed by atoms with Crippen LogP contribution in [0.2, 0.25) is 0 Å². The average molecular weight is 393 g/mol. The Morgan fingerprint density at radius 2 is 2.08 bits per heavy atom. The molecular formula is C17H16N2O3S3. The minimum Gasteiger partial charge on any atom is -0.462 e. The maximum atomic E-state index is 12.2. The molecule has 0 aliphatic rings. The normalized spacial score (nSPS) is 10.8. The number of nitrogens with one attached hydrogen (secondary N) is 1. The number of fused-ring (bicyclic) bond motifs is 1. The van der Waals surface area contributed by atoms with E-state index in [1.54, 1.807) is 24.3 Å². The quantitative estimate of drug-likeness (QED) is 0.491. The Bertz CT molecular complexity index is 884. The number of carbonyl (C=O) groups excluding carboxylic acids is 2. The Morgan fingerprint density at radius 3 is 2.84 bits per heavy atom. The summed E-state index contributed by atoms with van der Waals surface area (Å²) in [5.74, 6) is -0.350. The van der Waals surface area contributed by atoms with Crippen molar-refractivity contribution in [2.45, 2.75) is 18.2 Å². The standard InChI is InChI=1S/C17H16N2O3S3/c1-3-22-16(21)11-8-10(2)24-15(11)19-14(20)9-23-17-18-12-6-4-5-7-13(12)25-17/h4-8H,3,9H2,1-2H3,(H,19,20). The number of carbonyl (C=O) groups is 2. The molecule has 3 rings (SSSR count). The van der Waals surface area contributed by atoms with Crippen molar-refractivity contribution in [2.24, 2.45) is 0 Å². The van der Waals surface area contributed by atoms with Crippen molar-refractivity contribution in [1.82, 2.24) is 4.98 Å². The number of thioether (sulfide) groups is 1. The summed E-state index contributed by atoms with van der Waals surface area (Å²) in [5, 5.41) is 3.34. The van der Waals surface area contributed by atoms with Gasteiger partial charge in [0.25, 0.3) is 0 Å². The van der Waals surface area contributed by atoms with E-state index in [2.05, 4.69) is 10.3 Å². The zero-order chi connectivity index (χ0) is 17.8. The number of aryl methyl sites for hydroxylation is 1. The number of thiazole rings is 1. The molecule has 25 heavy (non-hydrogen) atoms. The van der Waals surface area contributed by atoms with Crippen LogP contribution < -0.4 is 5.32 Å². The largest absolute Gasteiger partial charge is 0.462 e. The molecule has 0 bridgehead atoms. The molecule has 2 aromatic heterocycles. The molecule has 0 aliphatic heterocycles. The highest BCUT2D eigenvalue weighted by Crippen LogP contribution is 2.31. The Balaban J connectivity index is 1.63. The van der Waals surface area contributed by atoms with Gasteiger partial charge in [0, 0.05) is 4.88 Å². The molecule has 0 aliphatic carbocycles. The number of benzene rings is 1. The predicted octanol–water partition coefficient (Wildman–Crippen LogP) is 4.57. The number of hydrogen-bond acceptors (Lipinski definition) is 7. The fraction of sp³-hybridized carbons (Fsp3) is 0.235. The van der Waals surface area contributed by atoms with Gasteiger partial charge in [-0.2, -0.15) is 0 Å². The number of thiophene rings is 1. The molecule has 1 aromatic carbocycles. The number of hydrogen-bond donors (Lipinski definition) is 1. The fourth-order valence-corrected chi connectivity index (χ4v) is 4.95. The maximum Gasteiger partial charge on any atom is 0.341 e. The Hall–Kier alpha value is -1.90. The van der Waals surface area contributed by atoms with E-state index in [0.717, 1.165) is 19.4 Å². The lowest BCUT2D eigenvalue weighted by atomic mass is 10.3. The number of aromatic nitrogens is 1. The number of esters is 1. The molecule has 130 valence electrons. The Morgan fingerprint density at radius 1 is 1.28 bits per heavy atom. The van der Waals surface area contributed by atoms with Crippen LogP contribution in [0.1, 0.15) is 22.2 Å². The highest BCUT2D eigenvalue weighted by molar-refractivity contribution is 8.01. The molecule has 0 atom stereocenters. The molecule has 1 amide bonds. The van der Waals surface area contributed by atoms with Gasteiger partial charge < -0.3 is 10.1 Å². The van der Waals surface area contributed by atoms with Crippen molar-refractivity contribution in [3.63, 3.8) is 0 Å². The fourth-order valence-electron chi connectivity index (χ4n) is 2.17. The first-order valence-corrected chi connectivity index (χ1v) is 10.2. The topological polar surface area (TPSA) is 68.3 Å². The smallest absolute Gasteiger partial charge is 0.341 e. The van der Waals surface area contributed by atoms with Crippen molar-refractivity contribution in [3.8, 4) is 0 Å². The zero-order valence-corrected chi connectivity index (χ0v) is 16.1. The molecule has 0 saturated heterocycles. The van der Waals surface area contributed by atoms with E-state index in [4.69, 9.17) is 4.74 Å². The molecule has 2 heterocycles. The van der Waals surface area contributed by atoms with E-state index in [0.29, 0.717) is 17.2 Å². The average Bonchev–Trinajstić information content (AvgIpc) is 3.16. The molecule has 0 unspecified atom stereocenters. The second kappa shape index (κ2) is 7.99. The SMILES string of the molecule is CCOC(=O)c1cc(C)sc1NC(=O)CSc1nc2ccccc2s1. The van der Waals surface area contributed by atoms with Crippen molar-refractivity contribution in [3.05, 3.63) is 40.8 Å². The lowest BCUT2D eigenvalue weighted by Gasteiger charge is -2.05. The van der Waals surface area contributed by atoms with Crippen LogP contribution in [-0.2, 0) is 9.53 Å². The van der Waals surface area contributed by atoms with Crippen molar-refractivity contribution in [1.29, 1.82) is 0 Å². The van der Waals surface area contributed by atoms with Crippen LogP contribution in [0.5, 0.6) is 0 Å². The van der Waals surface area contributed by atoms with Gasteiger partial charge in [-0.3, -0.25) is 4.79 Å². The predicted molar refractivity (Wildman–Crippen MR) is 104 cm³/mol. The third-order valence-corrected chi connectivity index (χ3v) is 6.35. The van der Waals surface area contributed by atoms with E-state index < -0.39 is 5.97 Å². The summed E-state index contributed by atoms with van der Waals surface area (Å²) < 4.78 is 6.98. The molecule has 1 N–H and O–H groups in total. The monoisotopic (exact) mass is 392 g/mol. The van der Waals surface area contributed by atoms with Crippen LogP contribution in [0, 0.1) is 6.92 Å². The number of rotatable bonds is 6. The van der Waals surface area contributed by atoms with Gasteiger partial charge in [0.1, 0.15) is 5.00 Å². The van der Waals surface area contributed by atoms with Gasteiger partial charge in [0.2, 0.25) is 5.91 Å². The van der Waals surface area contributed by atoms with Crippen LogP contribution >= 0.6 is 34.4 Å². The summed E-state index contributed by atoms with van der Waals surface area (Å²) in [6, 6.07) is 9.61. The number of para-hydroxylation sites is 1. The molecule has 5 nitrogen and oxygen atoms in total. The van der Waals surface area contributed by atoms with Gasteiger partial charge in [-0.05, 0) is 32.0 Å². The van der Waals surface area contributed by atoms with E-state index in [1.165, 1.54) is 23.1 Å². The number of nitrogens with zero attached hydrogens (tertiary/aromatic N) is 1. The molecule has 0 saturated carbocycles. The van der Waals surface area contributed by atoms with E-state index in [9.17, 15) is 9.59 Å². The second-order valence-corrected chi connectivity index (χ2v) is 8.61. The first kappa shape index (κ1) is 17.9. The van der Waals surface area contributed by atoms with E-state index in [1.807, 2.05) is 31.2 Å². The first-order valence-electron chi connectivity index (χ1n) is 7.62. The van der Waals surface area contributed by atoms with Crippen molar-refractivity contribution < 1.29 is 14.3 Å². The van der Waals surface area contributed by atoms with Gasteiger partial charge in [0.15, 0.2) is 4.34 Å². The summed E-state index contributed by atoms with van der Waals surface area (Å²) in [4.78, 5) is 29.6. The van der Waals surface area contributed by atoms with Gasteiger partial charge >= 0.3 is 5.97 Å². The third kappa shape index (κ3) is 4.39. The molecular weight excluding hydrogens is 376 g/mol. The lowest BCUT2D eigenvalue weighted by molar-refractivity contribution is -0.113. The van der Waals surface area contributed by atoms with Crippen LogP contribution in [0.25, 0.3) is 10.2 Å². The van der Waals surface area contributed by atoms with Crippen LogP contribution in [0.15, 0.2) is 34.7 Å². The maximum absolute atomic E-state index is 12.2.